The van der Waals surface area contributed by atoms with Gasteiger partial charge in [-0.1, -0.05) is 18.5 Å². The maximum absolute atomic E-state index is 12.0. The van der Waals surface area contributed by atoms with Gasteiger partial charge in [0.25, 0.3) is 5.91 Å². The highest BCUT2D eigenvalue weighted by atomic mass is 35.5. The number of carboxylic acid groups (broad SMARTS) is 1. The van der Waals surface area contributed by atoms with E-state index in [0.29, 0.717) is 29.7 Å². The zero-order valence-electron chi connectivity index (χ0n) is 10.7. The summed E-state index contributed by atoms with van der Waals surface area (Å²) in [6.45, 7) is 1.97. The van der Waals surface area contributed by atoms with Crippen LogP contribution in [0, 0.1) is 5.92 Å². The van der Waals surface area contributed by atoms with E-state index in [1.807, 2.05) is 4.57 Å². The molecule has 2 N–H and O–H groups in total. The number of hydrogen-bond acceptors (Lipinski definition) is 2. The summed E-state index contributed by atoms with van der Waals surface area (Å²) in [5, 5.41) is 12.0. The molecule has 104 valence electrons. The number of carbonyl (C=O) groups excluding carboxylic acids is 1. The smallest absolute Gasteiger partial charge is 0.306 e. The Balaban J connectivity index is 1.91. The molecule has 0 saturated heterocycles. The number of aromatic nitrogens is 1. The second kappa shape index (κ2) is 5.65. The van der Waals surface area contributed by atoms with Crippen LogP contribution >= 0.6 is 11.6 Å². The summed E-state index contributed by atoms with van der Waals surface area (Å²) in [7, 11) is 0. The van der Waals surface area contributed by atoms with Gasteiger partial charge < -0.3 is 15.0 Å². The van der Waals surface area contributed by atoms with Gasteiger partial charge >= 0.3 is 5.97 Å². The van der Waals surface area contributed by atoms with Crippen molar-refractivity contribution in [2.24, 2.45) is 5.92 Å². The number of halogens is 1. The lowest BCUT2D eigenvalue weighted by Gasteiger charge is -2.10. The molecule has 1 aromatic heterocycles. The predicted molar refractivity (Wildman–Crippen MR) is 71.5 cm³/mol. The summed E-state index contributed by atoms with van der Waals surface area (Å²) in [5.74, 6) is -1.51. The van der Waals surface area contributed by atoms with Crippen LogP contribution in [0.25, 0.3) is 0 Å². The van der Waals surface area contributed by atoms with E-state index in [2.05, 4.69) is 5.32 Å². The Kier molecular flexibility index (Phi) is 4.14. The first-order valence-corrected chi connectivity index (χ1v) is 6.75. The first-order valence-electron chi connectivity index (χ1n) is 6.37. The fourth-order valence-corrected chi connectivity index (χ4v) is 2.11. The largest absolute Gasteiger partial charge is 0.481 e. The molecule has 6 heteroatoms. The molecule has 1 atom stereocenters. The van der Waals surface area contributed by atoms with Crippen molar-refractivity contribution in [1.29, 1.82) is 0 Å². The molecule has 1 aliphatic rings. The number of rotatable bonds is 6. The Morgan fingerprint density at radius 2 is 2.26 bits per heavy atom. The van der Waals surface area contributed by atoms with Crippen LogP contribution < -0.4 is 5.32 Å². The van der Waals surface area contributed by atoms with E-state index in [1.54, 1.807) is 19.2 Å². The Morgan fingerprint density at radius 1 is 1.58 bits per heavy atom. The van der Waals surface area contributed by atoms with Crippen LogP contribution in [0.5, 0.6) is 0 Å². The minimum atomic E-state index is -0.848. The summed E-state index contributed by atoms with van der Waals surface area (Å²) in [4.78, 5) is 22.7. The highest BCUT2D eigenvalue weighted by molar-refractivity contribution is 6.31. The van der Waals surface area contributed by atoms with Gasteiger partial charge in [-0.25, -0.2) is 0 Å². The van der Waals surface area contributed by atoms with Gasteiger partial charge in [0.2, 0.25) is 0 Å². The van der Waals surface area contributed by atoms with E-state index < -0.39 is 11.9 Å². The number of carboxylic acids is 1. The molecule has 1 saturated carbocycles. The first kappa shape index (κ1) is 13.9. The lowest BCUT2D eigenvalue weighted by atomic mass is 10.1. The standard InChI is InChI=1S/C13H17ClN2O3/c1-8(13(18)19)4-5-15-12(17)11-6-9(14)7-16(11)10-2-3-10/h6-8,10H,2-5H2,1H3,(H,15,17)(H,18,19). The Labute approximate surface area is 116 Å². The number of hydrogen-bond donors (Lipinski definition) is 2. The van der Waals surface area contributed by atoms with Crippen molar-refractivity contribution in [2.45, 2.75) is 32.2 Å². The fourth-order valence-electron chi connectivity index (χ4n) is 1.90. The molecule has 19 heavy (non-hydrogen) atoms. The van der Waals surface area contributed by atoms with Crippen LogP contribution in [0.1, 0.15) is 42.7 Å². The molecule has 1 heterocycles. The number of carbonyl (C=O) groups is 2. The monoisotopic (exact) mass is 284 g/mol. The van der Waals surface area contributed by atoms with Crippen molar-refractivity contribution in [1.82, 2.24) is 9.88 Å². The molecule has 0 spiro atoms. The van der Waals surface area contributed by atoms with Gasteiger partial charge in [0.1, 0.15) is 5.69 Å². The van der Waals surface area contributed by atoms with Crippen molar-refractivity contribution in [3.63, 3.8) is 0 Å². The lowest BCUT2D eigenvalue weighted by Crippen LogP contribution is -2.28. The van der Waals surface area contributed by atoms with Crippen LogP contribution in [0.4, 0.5) is 0 Å². The van der Waals surface area contributed by atoms with Crippen LogP contribution in [0.2, 0.25) is 5.02 Å². The first-order chi connectivity index (χ1) is 8.99. The summed E-state index contributed by atoms with van der Waals surface area (Å²) in [6.07, 6.45) is 4.33. The van der Waals surface area contributed by atoms with E-state index in [9.17, 15) is 9.59 Å². The molecule has 0 radical (unpaired) electrons. The van der Waals surface area contributed by atoms with Gasteiger partial charge in [0.05, 0.1) is 10.9 Å². The number of nitrogens with one attached hydrogen (secondary N) is 1. The topological polar surface area (TPSA) is 71.3 Å². The molecule has 1 fully saturated rings. The predicted octanol–water partition coefficient (Wildman–Crippen LogP) is 2.32. The highest BCUT2D eigenvalue weighted by Crippen LogP contribution is 2.37. The summed E-state index contributed by atoms with van der Waals surface area (Å²) in [5.41, 5.74) is 0.551. The molecule has 1 aliphatic carbocycles. The fraction of sp³-hybridized carbons (Fsp3) is 0.538. The molecular weight excluding hydrogens is 268 g/mol. The van der Waals surface area contributed by atoms with Gasteiger partial charge in [0.15, 0.2) is 0 Å². The summed E-state index contributed by atoms with van der Waals surface area (Å²) >= 11 is 5.93. The van der Waals surface area contributed by atoms with Crippen molar-refractivity contribution < 1.29 is 14.7 Å². The van der Waals surface area contributed by atoms with E-state index >= 15 is 0 Å². The van der Waals surface area contributed by atoms with Crippen molar-refractivity contribution >= 4 is 23.5 Å². The average Bonchev–Trinajstić information content (AvgIpc) is 3.12. The average molecular weight is 285 g/mol. The highest BCUT2D eigenvalue weighted by Gasteiger charge is 2.27. The molecule has 0 bridgehead atoms. The molecule has 5 nitrogen and oxygen atoms in total. The molecule has 0 aliphatic heterocycles. The van der Waals surface area contributed by atoms with E-state index in [1.165, 1.54) is 0 Å². The quantitative estimate of drug-likeness (QED) is 0.842. The maximum atomic E-state index is 12.0. The summed E-state index contributed by atoms with van der Waals surface area (Å²) < 4.78 is 1.90. The van der Waals surface area contributed by atoms with Crippen LogP contribution in [-0.2, 0) is 4.79 Å². The number of aliphatic carboxylic acids is 1. The van der Waals surface area contributed by atoms with Crippen molar-refractivity contribution in [3.05, 3.63) is 23.0 Å². The SMILES string of the molecule is CC(CCNC(=O)c1cc(Cl)cn1C1CC1)C(=O)O. The van der Waals surface area contributed by atoms with E-state index in [4.69, 9.17) is 16.7 Å². The second-order valence-corrected chi connectivity index (χ2v) is 5.40. The zero-order chi connectivity index (χ0) is 14.0. The second-order valence-electron chi connectivity index (χ2n) is 4.97. The van der Waals surface area contributed by atoms with E-state index in [-0.39, 0.29) is 5.91 Å². The minimum Gasteiger partial charge on any atom is -0.481 e. The van der Waals surface area contributed by atoms with Crippen molar-refractivity contribution in [3.8, 4) is 0 Å². The summed E-state index contributed by atoms with van der Waals surface area (Å²) in [6, 6.07) is 2.03. The van der Waals surface area contributed by atoms with Gasteiger partial charge in [-0.3, -0.25) is 9.59 Å². The number of nitrogens with zero attached hydrogens (tertiary/aromatic N) is 1. The van der Waals surface area contributed by atoms with Gasteiger partial charge in [-0.05, 0) is 25.3 Å². The van der Waals surface area contributed by atoms with Crippen molar-refractivity contribution in [2.75, 3.05) is 6.54 Å². The molecular formula is C13H17ClN2O3. The Morgan fingerprint density at radius 3 is 2.84 bits per heavy atom. The molecule has 1 unspecified atom stereocenters. The van der Waals surface area contributed by atoms with Crippen LogP contribution in [-0.4, -0.2) is 28.1 Å². The Bertz CT molecular complexity index is 494. The Hall–Kier alpha value is -1.49. The van der Waals surface area contributed by atoms with Gasteiger partial charge in [-0.2, -0.15) is 0 Å². The van der Waals surface area contributed by atoms with Gasteiger partial charge in [0, 0.05) is 18.8 Å². The number of amides is 1. The van der Waals surface area contributed by atoms with Gasteiger partial charge in [-0.15, -0.1) is 0 Å². The third kappa shape index (κ3) is 3.50. The van der Waals surface area contributed by atoms with Crippen LogP contribution in [0.3, 0.4) is 0 Å². The van der Waals surface area contributed by atoms with Crippen LogP contribution in [0.15, 0.2) is 12.3 Å². The molecule has 0 aromatic carbocycles. The third-order valence-electron chi connectivity index (χ3n) is 3.27. The third-order valence-corrected chi connectivity index (χ3v) is 3.48. The molecule has 1 aromatic rings. The lowest BCUT2D eigenvalue weighted by molar-refractivity contribution is -0.141. The normalized spacial score (nSPS) is 16.1. The van der Waals surface area contributed by atoms with E-state index in [0.717, 1.165) is 12.8 Å². The minimum absolute atomic E-state index is 0.198. The molecule has 2 rings (SSSR count). The zero-order valence-corrected chi connectivity index (χ0v) is 11.5. The molecule has 1 amide bonds. The maximum Gasteiger partial charge on any atom is 0.306 e.